The largest absolute Gasteiger partial charge is 0.365 e. The van der Waals surface area contributed by atoms with Crippen LogP contribution in [-0.2, 0) is 19.6 Å². The van der Waals surface area contributed by atoms with Gasteiger partial charge in [0.15, 0.2) is 0 Å². The molecule has 0 aromatic heterocycles. The number of benzene rings is 1. The molecule has 1 aromatic rings. The maximum atomic E-state index is 12.9. The van der Waals surface area contributed by atoms with E-state index >= 15 is 0 Å². The Bertz CT molecular complexity index is 851. The fourth-order valence-corrected chi connectivity index (χ4v) is 6.09. The standard InChI is InChI=1S/C19H24Cl2N2O4S/c20-14-3-4-16(21)18(11-14)28(25,26)23-9-5-15(6-10-23)27-17-7-8-22(19(17)24)12-13-1-2-13/h3-4,11,13,15,17H,1-2,5-10,12H2/t17-/m0/s1. The van der Waals surface area contributed by atoms with Gasteiger partial charge in [0.25, 0.3) is 5.91 Å². The van der Waals surface area contributed by atoms with Crippen LogP contribution in [0.1, 0.15) is 32.1 Å². The van der Waals surface area contributed by atoms with Crippen LogP contribution in [0.4, 0.5) is 0 Å². The molecule has 9 heteroatoms. The number of halogens is 2. The highest BCUT2D eigenvalue weighted by molar-refractivity contribution is 7.89. The van der Waals surface area contributed by atoms with E-state index in [1.165, 1.54) is 29.3 Å². The van der Waals surface area contributed by atoms with E-state index in [9.17, 15) is 13.2 Å². The average molecular weight is 447 g/mol. The third-order valence-corrected chi connectivity index (χ3v) is 8.31. The summed E-state index contributed by atoms with van der Waals surface area (Å²) in [7, 11) is -3.71. The number of amides is 1. The number of carbonyl (C=O) groups is 1. The van der Waals surface area contributed by atoms with Gasteiger partial charge in [0.05, 0.1) is 11.1 Å². The van der Waals surface area contributed by atoms with Crippen molar-refractivity contribution in [1.29, 1.82) is 0 Å². The number of sulfonamides is 1. The number of hydrogen-bond acceptors (Lipinski definition) is 4. The summed E-state index contributed by atoms with van der Waals surface area (Å²) in [5.41, 5.74) is 0. The van der Waals surface area contributed by atoms with Crippen molar-refractivity contribution >= 4 is 39.1 Å². The molecule has 1 saturated carbocycles. The van der Waals surface area contributed by atoms with E-state index in [0.717, 1.165) is 19.5 Å². The summed E-state index contributed by atoms with van der Waals surface area (Å²) in [6, 6.07) is 4.44. The van der Waals surface area contributed by atoms with Crippen molar-refractivity contribution in [2.75, 3.05) is 26.2 Å². The Balaban J connectivity index is 1.33. The molecule has 0 bridgehead atoms. The molecule has 0 unspecified atom stereocenters. The molecule has 1 aliphatic carbocycles. The summed E-state index contributed by atoms with van der Waals surface area (Å²) in [4.78, 5) is 14.4. The van der Waals surface area contributed by atoms with Gasteiger partial charge in [-0.25, -0.2) is 8.42 Å². The number of rotatable bonds is 6. The van der Waals surface area contributed by atoms with E-state index in [4.69, 9.17) is 27.9 Å². The van der Waals surface area contributed by atoms with E-state index in [0.29, 0.717) is 36.9 Å². The molecule has 1 amide bonds. The molecule has 0 spiro atoms. The molecule has 1 aromatic carbocycles. The van der Waals surface area contributed by atoms with Crippen LogP contribution in [0, 0.1) is 5.92 Å². The van der Waals surface area contributed by atoms with Crippen LogP contribution in [0.15, 0.2) is 23.1 Å². The van der Waals surface area contributed by atoms with Gasteiger partial charge in [-0.3, -0.25) is 4.79 Å². The van der Waals surface area contributed by atoms with Crippen LogP contribution in [0.25, 0.3) is 0 Å². The summed E-state index contributed by atoms with van der Waals surface area (Å²) in [6.45, 7) is 2.29. The highest BCUT2D eigenvalue weighted by Crippen LogP contribution is 2.33. The molecule has 2 heterocycles. The van der Waals surface area contributed by atoms with Gasteiger partial charge in [0, 0.05) is 37.6 Å². The molecular formula is C19H24Cl2N2O4S. The maximum Gasteiger partial charge on any atom is 0.251 e. The fraction of sp³-hybridized carbons (Fsp3) is 0.632. The van der Waals surface area contributed by atoms with Crippen molar-refractivity contribution in [2.45, 2.75) is 49.2 Å². The lowest BCUT2D eigenvalue weighted by Gasteiger charge is -2.32. The summed E-state index contributed by atoms with van der Waals surface area (Å²) < 4.78 is 33.3. The molecule has 154 valence electrons. The highest BCUT2D eigenvalue weighted by Gasteiger charge is 2.38. The van der Waals surface area contributed by atoms with Crippen molar-refractivity contribution in [3.63, 3.8) is 0 Å². The van der Waals surface area contributed by atoms with Crippen molar-refractivity contribution < 1.29 is 17.9 Å². The number of likely N-dealkylation sites (tertiary alicyclic amines) is 1. The monoisotopic (exact) mass is 446 g/mol. The van der Waals surface area contributed by atoms with Gasteiger partial charge in [-0.15, -0.1) is 0 Å². The lowest BCUT2D eigenvalue weighted by atomic mass is 10.1. The minimum Gasteiger partial charge on any atom is -0.365 e. The lowest BCUT2D eigenvalue weighted by molar-refractivity contribution is -0.141. The SMILES string of the molecule is O=C1[C@@H](OC2CCN(S(=O)(=O)c3cc(Cl)ccc3Cl)CC2)CCN1CC1CC1. The Morgan fingerprint density at radius 2 is 1.75 bits per heavy atom. The Labute approximate surface area is 175 Å². The summed E-state index contributed by atoms with van der Waals surface area (Å²) in [5, 5.41) is 0.492. The molecule has 2 saturated heterocycles. The molecule has 4 rings (SSSR count). The second-order valence-corrected chi connectivity index (χ2v) is 10.6. The number of hydrogen-bond donors (Lipinski definition) is 0. The topological polar surface area (TPSA) is 66.9 Å². The van der Waals surface area contributed by atoms with Crippen LogP contribution in [0.3, 0.4) is 0 Å². The molecule has 0 radical (unpaired) electrons. The van der Waals surface area contributed by atoms with Crippen molar-refractivity contribution in [1.82, 2.24) is 9.21 Å². The highest BCUT2D eigenvalue weighted by atomic mass is 35.5. The van der Waals surface area contributed by atoms with Gasteiger partial charge in [-0.05, 0) is 49.8 Å². The molecule has 28 heavy (non-hydrogen) atoms. The summed E-state index contributed by atoms with van der Waals surface area (Å²) >= 11 is 12.0. The predicted molar refractivity (Wildman–Crippen MR) is 107 cm³/mol. The minimum atomic E-state index is -3.71. The molecular weight excluding hydrogens is 423 g/mol. The van der Waals surface area contributed by atoms with Gasteiger partial charge in [-0.1, -0.05) is 23.2 Å². The van der Waals surface area contributed by atoms with Crippen LogP contribution < -0.4 is 0 Å². The minimum absolute atomic E-state index is 0.0303. The Morgan fingerprint density at radius 3 is 2.43 bits per heavy atom. The molecule has 6 nitrogen and oxygen atoms in total. The maximum absolute atomic E-state index is 12.9. The molecule has 0 N–H and O–H groups in total. The first-order valence-electron chi connectivity index (χ1n) is 9.74. The zero-order valence-electron chi connectivity index (χ0n) is 15.5. The third kappa shape index (κ3) is 4.33. The number of carbonyl (C=O) groups excluding carboxylic acids is 1. The first kappa shape index (κ1) is 20.4. The predicted octanol–water partition coefficient (Wildman–Crippen LogP) is 3.17. The van der Waals surface area contributed by atoms with E-state index in [1.54, 1.807) is 6.07 Å². The van der Waals surface area contributed by atoms with Gasteiger partial charge < -0.3 is 9.64 Å². The molecule has 3 aliphatic rings. The third-order valence-electron chi connectivity index (χ3n) is 5.69. The Morgan fingerprint density at radius 1 is 1.04 bits per heavy atom. The van der Waals surface area contributed by atoms with Crippen LogP contribution in [0.2, 0.25) is 10.0 Å². The van der Waals surface area contributed by atoms with Crippen molar-refractivity contribution in [2.24, 2.45) is 5.92 Å². The second kappa shape index (κ2) is 8.11. The van der Waals surface area contributed by atoms with E-state index < -0.39 is 10.0 Å². The van der Waals surface area contributed by atoms with Gasteiger partial charge in [0.1, 0.15) is 11.0 Å². The number of piperidine rings is 1. The Kier molecular flexibility index (Phi) is 5.91. The van der Waals surface area contributed by atoms with Crippen LogP contribution in [0.5, 0.6) is 0 Å². The van der Waals surface area contributed by atoms with Gasteiger partial charge in [-0.2, -0.15) is 4.31 Å². The average Bonchev–Trinajstić information content (AvgIpc) is 3.43. The molecule has 2 aliphatic heterocycles. The number of nitrogens with zero attached hydrogens (tertiary/aromatic N) is 2. The first-order valence-corrected chi connectivity index (χ1v) is 11.9. The van der Waals surface area contributed by atoms with E-state index in [-0.39, 0.29) is 28.0 Å². The van der Waals surface area contributed by atoms with Crippen LogP contribution >= 0.6 is 23.2 Å². The Hall–Kier alpha value is -0.860. The van der Waals surface area contributed by atoms with Crippen molar-refractivity contribution in [3.8, 4) is 0 Å². The number of ether oxygens (including phenoxy) is 1. The fourth-order valence-electron chi connectivity index (χ4n) is 3.88. The summed E-state index contributed by atoms with van der Waals surface area (Å²) in [6.07, 6.45) is 3.80. The van der Waals surface area contributed by atoms with Crippen LogP contribution in [-0.4, -0.2) is 61.9 Å². The molecule has 1 atom stereocenters. The first-order chi connectivity index (χ1) is 13.3. The zero-order chi connectivity index (χ0) is 19.9. The van der Waals surface area contributed by atoms with E-state index in [1.807, 2.05) is 4.90 Å². The van der Waals surface area contributed by atoms with Crippen molar-refractivity contribution in [3.05, 3.63) is 28.2 Å². The molecule has 3 fully saturated rings. The normalized spacial score (nSPS) is 24.9. The summed E-state index contributed by atoms with van der Waals surface area (Å²) in [5.74, 6) is 0.766. The second-order valence-electron chi connectivity index (χ2n) is 7.82. The van der Waals surface area contributed by atoms with Gasteiger partial charge in [0.2, 0.25) is 10.0 Å². The lowest BCUT2D eigenvalue weighted by Crippen LogP contribution is -2.43. The smallest absolute Gasteiger partial charge is 0.251 e. The van der Waals surface area contributed by atoms with E-state index in [2.05, 4.69) is 0 Å². The zero-order valence-corrected chi connectivity index (χ0v) is 17.8. The quantitative estimate of drug-likeness (QED) is 0.672. The van der Waals surface area contributed by atoms with Gasteiger partial charge >= 0.3 is 0 Å².